The fraction of sp³-hybridized carbons (Fsp3) is 0.111. The van der Waals surface area contributed by atoms with Crippen molar-refractivity contribution in [1.29, 1.82) is 0 Å². The molecule has 0 aliphatic carbocycles. The molecule has 0 saturated carbocycles. The van der Waals surface area contributed by atoms with Crippen LogP contribution < -0.4 is 4.74 Å². The van der Waals surface area contributed by atoms with E-state index in [4.69, 9.17) is 4.74 Å². The number of rotatable bonds is 3. The molecule has 72 valence electrons. The summed E-state index contributed by atoms with van der Waals surface area (Å²) in [6.45, 7) is 0. The van der Waals surface area contributed by atoms with Crippen LogP contribution in [0.2, 0.25) is 0 Å². The summed E-state index contributed by atoms with van der Waals surface area (Å²) >= 11 is 0. The highest BCUT2D eigenvalue weighted by atomic mass is 16.6. The van der Waals surface area contributed by atoms with E-state index in [9.17, 15) is 5.11 Å². The van der Waals surface area contributed by atoms with E-state index >= 15 is 0 Å². The van der Waals surface area contributed by atoms with Gasteiger partial charge in [0.15, 0.2) is 5.69 Å². The first-order valence-electron chi connectivity index (χ1n) is 4.12. The predicted molar refractivity (Wildman–Crippen MR) is 48.4 cm³/mol. The van der Waals surface area contributed by atoms with Crippen molar-refractivity contribution in [3.05, 3.63) is 42.2 Å². The van der Waals surface area contributed by atoms with Gasteiger partial charge in [0, 0.05) is 0 Å². The van der Waals surface area contributed by atoms with E-state index in [2.05, 4.69) is 15.4 Å². The van der Waals surface area contributed by atoms with Crippen molar-refractivity contribution in [2.45, 2.75) is 6.29 Å². The number of para-hydroxylation sites is 1. The van der Waals surface area contributed by atoms with E-state index in [1.807, 2.05) is 18.2 Å². The Balaban J connectivity index is 2.06. The Morgan fingerprint density at radius 2 is 2.07 bits per heavy atom. The molecule has 2 aromatic rings. The molecule has 0 saturated heterocycles. The molecular weight excluding hydrogens is 182 g/mol. The maximum atomic E-state index is 9.52. The van der Waals surface area contributed by atoms with Gasteiger partial charge in [-0.05, 0) is 12.1 Å². The van der Waals surface area contributed by atoms with E-state index < -0.39 is 6.29 Å². The average molecular weight is 191 g/mol. The Morgan fingerprint density at radius 3 is 2.71 bits per heavy atom. The van der Waals surface area contributed by atoms with E-state index in [-0.39, 0.29) is 0 Å². The molecule has 5 nitrogen and oxygen atoms in total. The lowest BCUT2D eigenvalue weighted by Gasteiger charge is -2.09. The smallest absolute Gasteiger partial charge is 0.244 e. The van der Waals surface area contributed by atoms with E-state index in [0.717, 1.165) is 0 Å². The number of aromatic nitrogens is 3. The molecule has 0 aliphatic rings. The summed E-state index contributed by atoms with van der Waals surface area (Å²) in [6, 6.07) is 9.03. The largest absolute Gasteiger partial charge is 0.459 e. The van der Waals surface area contributed by atoms with Gasteiger partial charge in [-0.15, -0.1) is 0 Å². The highest BCUT2D eigenvalue weighted by molar-refractivity contribution is 5.21. The Hall–Kier alpha value is -1.88. The zero-order valence-corrected chi connectivity index (χ0v) is 7.29. The number of ether oxygens (including phenoxy) is 1. The summed E-state index contributed by atoms with van der Waals surface area (Å²) in [6.07, 6.45) is 0.323. The highest BCUT2D eigenvalue weighted by Gasteiger charge is 2.11. The summed E-state index contributed by atoms with van der Waals surface area (Å²) < 4.78 is 5.19. The molecule has 1 aromatic carbocycles. The predicted octanol–water partition coefficient (Wildman–Crippen LogP) is 0.875. The van der Waals surface area contributed by atoms with Gasteiger partial charge in [-0.1, -0.05) is 18.2 Å². The number of aliphatic hydroxyl groups excluding tert-OH is 1. The molecule has 0 amide bonds. The van der Waals surface area contributed by atoms with Crippen LogP contribution >= 0.6 is 0 Å². The Morgan fingerprint density at radius 1 is 1.29 bits per heavy atom. The normalized spacial score (nSPS) is 12.4. The molecule has 0 aliphatic heterocycles. The van der Waals surface area contributed by atoms with Crippen LogP contribution in [-0.4, -0.2) is 20.5 Å². The number of aliphatic hydroxyl groups is 1. The summed E-state index contributed by atoms with van der Waals surface area (Å²) in [5, 5.41) is 19.2. The van der Waals surface area contributed by atoms with Crippen LogP contribution in [-0.2, 0) is 0 Å². The number of nitrogens with zero attached hydrogens (tertiary/aromatic N) is 2. The van der Waals surface area contributed by atoms with Crippen molar-refractivity contribution in [3.63, 3.8) is 0 Å². The number of H-pyrrole nitrogens is 1. The average Bonchev–Trinajstić information content (AvgIpc) is 2.72. The molecule has 0 spiro atoms. The minimum Gasteiger partial charge on any atom is -0.459 e. The summed E-state index contributed by atoms with van der Waals surface area (Å²) in [4.78, 5) is 0. The molecule has 1 heterocycles. The topological polar surface area (TPSA) is 71.0 Å². The number of nitrogens with one attached hydrogen (secondary N) is 1. The minimum absolute atomic E-state index is 0.355. The maximum Gasteiger partial charge on any atom is 0.244 e. The molecule has 2 rings (SSSR count). The molecule has 2 N–H and O–H groups in total. The summed E-state index contributed by atoms with van der Waals surface area (Å²) in [7, 11) is 0. The lowest BCUT2D eigenvalue weighted by atomic mass is 10.3. The fourth-order valence-corrected chi connectivity index (χ4v) is 1.02. The van der Waals surface area contributed by atoms with Crippen LogP contribution in [0.5, 0.6) is 5.75 Å². The van der Waals surface area contributed by atoms with Crippen LogP contribution in [0, 0.1) is 0 Å². The second-order valence-electron chi connectivity index (χ2n) is 2.68. The van der Waals surface area contributed by atoms with Crippen LogP contribution in [0.25, 0.3) is 0 Å². The molecular formula is C9H9N3O2. The monoisotopic (exact) mass is 191 g/mol. The lowest BCUT2D eigenvalue weighted by Crippen LogP contribution is -2.06. The second kappa shape index (κ2) is 3.89. The third-order valence-corrected chi connectivity index (χ3v) is 1.68. The van der Waals surface area contributed by atoms with Gasteiger partial charge in [0.1, 0.15) is 5.75 Å². The number of benzene rings is 1. The van der Waals surface area contributed by atoms with Gasteiger partial charge >= 0.3 is 0 Å². The molecule has 1 atom stereocenters. The molecule has 0 fully saturated rings. The SMILES string of the molecule is OC(Oc1ccccc1)c1cn[nH]n1. The quantitative estimate of drug-likeness (QED) is 0.706. The third kappa shape index (κ3) is 1.89. The Labute approximate surface area is 80.3 Å². The molecule has 1 aromatic heterocycles. The zero-order chi connectivity index (χ0) is 9.80. The number of hydrogen-bond donors (Lipinski definition) is 2. The summed E-state index contributed by atoms with van der Waals surface area (Å²) in [5.41, 5.74) is 0.355. The van der Waals surface area contributed by atoms with E-state index in [1.165, 1.54) is 6.20 Å². The van der Waals surface area contributed by atoms with Crippen molar-refractivity contribution in [1.82, 2.24) is 15.4 Å². The van der Waals surface area contributed by atoms with Crippen molar-refractivity contribution in [2.75, 3.05) is 0 Å². The highest BCUT2D eigenvalue weighted by Crippen LogP contribution is 2.16. The van der Waals surface area contributed by atoms with Gasteiger partial charge in [0.05, 0.1) is 6.20 Å². The molecule has 5 heteroatoms. The molecule has 0 bridgehead atoms. The zero-order valence-electron chi connectivity index (χ0n) is 7.29. The van der Waals surface area contributed by atoms with E-state index in [0.29, 0.717) is 11.4 Å². The standard InChI is InChI=1S/C9H9N3O2/c13-9(8-6-10-12-11-8)14-7-4-2-1-3-5-7/h1-6,9,13H,(H,10,11,12). The Bertz CT molecular complexity index is 374. The molecule has 1 unspecified atom stereocenters. The van der Waals surface area contributed by atoms with Gasteiger partial charge in [-0.3, -0.25) is 0 Å². The van der Waals surface area contributed by atoms with Crippen LogP contribution in [0.15, 0.2) is 36.5 Å². The van der Waals surface area contributed by atoms with Crippen LogP contribution in [0.3, 0.4) is 0 Å². The first-order chi connectivity index (χ1) is 6.86. The molecule has 14 heavy (non-hydrogen) atoms. The van der Waals surface area contributed by atoms with Gasteiger partial charge in [0.2, 0.25) is 6.29 Å². The second-order valence-corrected chi connectivity index (χ2v) is 2.68. The minimum atomic E-state index is -1.09. The number of aromatic amines is 1. The van der Waals surface area contributed by atoms with Crippen molar-refractivity contribution < 1.29 is 9.84 Å². The molecule has 0 radical (unpaired) electrons. The van der Waals surface area contributed by atoms with Crippen molar-refractivity contribution in [2.24, 2.45) is 0 Å². The Kier molecular flexibility index (Phi) is 2.42. The number of hydrogen-bond acceptors (Lipinski definition) is 4. The van der Waals surface area contributed by atoms with Crippen molar-refractivity contribution >= 4 is 0 Å². The van der Waals surface area contributed by atoms with Gasteiger partial charge in [-0.25, -0.2) is 0 Å². The first kappa shape index (κ1) is 8.71. The maximum absolute atomic E-state index is 9.52. The lowest BCUT2D eigenvalue weighted by molar-refractivity contribution is -0.0229. The fourth-order valence-electron chi connectivity index (χ4n) is 1.02. The first-order valence-corrected chi connectivity index (χ1v) is 4.12. The van der Waals surface area contributed by atoms with Gasteiger partial charge in [0.25, 0.3) is 0 Å². The van der Waals surface area contributed by atoms with Crippen LogP contribution in [0.4, 0.5) is 0 Å². The van der Waals surface area contributed by atoms with Crippen molar-refractivity contribution in [3.8, 4) is 5.75 Å². The van der Waals surface area contributed by atoms with Gasteiger partial charge in [-0.2, -0.15) is 15.4 Å². The summed E-state index contributed by atoms with van der Waals surface area (Å²) in [5.74, 6) is 0.586. The van der Waals surface area contributed by atoms with Crippen LogP contribution in [0.1, 0.15) is 12.0 Å². The third-order valence-electron chi connectivity index (χ3n) is 1.68. The van der Waals surface area contributed by atoms with Gasteiger partial charge < -0.3 is 9.84 Å². The van der Waals surface area contributed by atoms with E-state index in [1.54, 1.807) is 12.1 Å².